The molecular weight excluding hydrogens is 342 g/mol. The molecule has 0 fully saturated rings. The lowest BCUT2D eigenvalue weighted by Crippen LogP contribution is -2.54. The molecule has 6 heteroatoms. The number of alkyl halides is 6. The SMILES string of the molecule is C#Cc1cccc(C(c2cccc(C#C)c2)(C(F)(F)F)C(F)(F)F)c1. The average Bonchev–Trinajstić information content (AvgIpc) is 2.53. The number of terminal acetylenes is 2. The minimum absolute atomic E-state index is 0.0940. The number of hydrogen-bond acceptors (Lipinski definition) is 0. The van der Waals surface area contributed by atoms with Gasteiger partial charge in [0.25, 0.3) is 0 Å². The number of benzene rings is 2. The monoisotopic (exact) mass is 352 g/mol. The van der Waals surface area contributed by atoms with E-state index in [1.54, 1.807) is 0 Å². The Morgan fingerprint density at radius 1 is 0.640 bits per heavy atom. The second-order valence-electron chi connectivity index (χ2n) is 5.20. The molecule has 0 saturated heterocycles. The van der Waals surface area contributed by atoms with Crippen molar-refractivity contribution < 1.29 is 26.3 Å². The van der Waals surface area contributed by atoms with Gasteiger partial charge in [-0.05, 0) is 35.4 Å². The zero-order chi connectivity index (χ0) is 18.9. The molecule has 0 unspecified atom stereocenters. The molecule has 0 aromatic heterocycles. The summed E-state index contributed by atoms with van der Waals surface area (Å²) in [5.41, 5.74) is -6.47. The first kappa shape index (κ1) is 18.5. The standard InChI is InChI=1S/C19H10F6/c1-3-13-7-5-9-15(11-13)17(18(20,21)22,19(23,24)25)16-10-6-8-14(4-2)12-16/h1-2,5-12H. The van der Waals surface area contributed by atoms with Gasteiger partial charge < -0.3 is 0 Å². The highest BCUT2D eigenvalue weighted by Gasteiger charge is 2.72. The summed E-state index contributed by atoms with van der Waals surface area (Å²) in [7, 11) is 0. The molecule has 0 nitrogen and oxygen atoms in total. The highest BCUT2D eigenvalue weighted by atomic mass is 19.4. The fourth-order valence-corrected chi connectivity index (χ4v) is 2.67. The number of hydrogen-bond donors (Lipinski definition) is 0. The van der Waals surface area contributed by atoms with Crippen LogP contribution in [0.25, 0.3) is 0 Å². The van der Waals surface area contributed by atoms with Crippen LogP contribution in [0.2, 0.25) is 0 Å². The summed E-state index contributed by atoms with van der Waals surface area (Å²) in [4.78, 5) is 0. The number of halogens is 6. The first-order valence-corrected chi connectivity index (χ1v) is 6.85. The summed E-state index contributed by atoms with van der Waals surface area (Å²) in [6.07, 6.45) is -1.10. The van der Waals surface area contributed by atoms with E-state index in [1.165, 1.54) is 12.1 Å². The van der Waals surface area contributed by atoms with Crippen LogP contribution in [0, 0.1) is 24.7 Å². The van der Waals surface area contributed by atoms with Crippen LogP contribution in [-0.4, -0.2) is 12.4 Å². The zero-order valence-corrected chi connectivity index (χ0v) is 12.5. The van der Waals surface area contributed by atoms with Gasteiger partial charge in [0.2, 0.25) is 5.41 Å². The minimum Gasteiger partial charge on any atom is -0.169 e. The smallest absolute Gasteiger partial charge is 0.169 e. The average molecular weight is 352 g/mol. The maximum Gasteiger partial charge on any atom is 0.411 e. The molecule has 128 valence electrons. The van der Waals surface area contributed by atoms with Gasteiger partial charge in [0.1, 0.15) is 0 Å². The van der Waals surface area contributed by atoms with Gasteiger partial charge in [0.15, 0.2) is 0 Å². The van der Waals surface area contributed by atoms with Crippen LogP contribution in [0.4, 0.5) is 26.3 Å². The van der Waals surface area contributed by atoms with Crippen molar-refractivity contribution in [3.8, 4) is 24.7 Å². The van der Waals surface area contributed by atoms with E-state index >= 15 is 0 Å². The van der Waals surface area contributed by atoms with Crippen molar-refractivity contribution in [2.45, 2.75) is 17.8 Å². The van der Waals surface area contributed by atoms with E-state index in [2.05, 4.69) is 0 Å². The van der Waals surface area contributed by atoms with Crippen molar-refractivity contribution in [2.75, 3.05) is 0 Å². The highest BCUT2D eigenvalue weighted by Crippen LogP contribution is 2.56. The Morgan fingerprint density at radius 2 is 1.00 bits per heavy atom. The molecule has 25 heavy (non-hydrogen) atoms. The van der Waals surface area contributed by atoms with E-state index < -0.39 is 28.9 Å². The predicted octanol–water partition coefficient (Wildman–Crippen LogP) is 5.06. The summed E-state index contributed by atoms with van der Waals surface area (Å²) >= 11 is 0. The normalized spacial score (nSPS) is 12.3. The third kappa shape index (κ3) is 2.96. The Morgan fingerprint density at radius 3 is 1.28 bits per heavy atom. The first-order valence-electron chi connectivity index (χ1n) is 6.85. The van der Waals surface area contributed by atoms with E-state index in [9.17, 15) is 26.3 Å². The van der Waals surface area contributed by atoms with Gasteiger partial charge in [-0.2, -0.15) is 26.3 Å². The van der Waals surface area contributed by atoms with Gasteiger partial charge in [0, 0.05) is 11.1 Å². The third-order valence-corrected chi connectivity index (χ3v) is 3.77. The first-order chi connectivity index (χ1) is 11.6. The maximum absolute atomic E-state index is 13.9. The van der Waals surface area contributed by atoms with Crippen LogP contribution >= 0.6 is 0 Å². The molecule has 0 N–H and O–H groups in total. The van der Waals surface area contributed by atoms with E-state index in [-0.39, 0.29) is 11.1 Å². The van der Waals surface area contributed by atoms with Gasteiger partial charge in [0.05, 0.1) is 0 Å². The van der Waals surface area contributed by atoms with E-state index in [0.29, 0.717) is 12.1 Å². The largest absolute Gasteiger partial charge is 0.411 e. The fraction of sp³-hybridized carbons (Fsp3) is 0.158. The Hall–Kier alpha value is -2.86. The van der Waals surface area contributed by atoms with E-state index in [1.807, 2.05) is 11.8 Å². The van der Waals surface area contributed by atoms with Gasteiger partial charge in [-0.25, -0.2) is 0 Å². The lowest BCUT2D eigenvalue weighted by Gasteiger charge is -2.38. The molecule has 0 spiro atoms. The Balaban J connectivity index is 2.97. The van der Waals surface area contributed by atoms with Crippen molar-refractivity contribution in [3.63, 3.8) is 0 Å². The van der Waals surface area contributed by atoms with Crippen LogP contribution in [0.3, 0.4) is 0 Å². The molecule has 0 heterocycles. The second-order valence-corrected chi connectivity index (χ2v) is 5.20. The second kappa shape index (κ2) is 6.22. The van der Waals surface area contributed by atoms with Crippen molar-refractivity contribution in [1.29, 1.82) is 0 Å². The maximum atomic E-state index is 13.9. The lowest BCUT2D eigenvalue weighted by molar-refractivity contribution is -0.288. The minimum atomic E-state index is -5.67. The van der Waals surface area contributed by atoms with Crippen molar-refractivity contribution in [1.82, 2.24) is 0 Å². The summed E-state index contributed by atoms with van der Waals surface area (Å²) in [6, 6.07) is 7.54. The summed E-state index contributed by atoms with van der Waals surface area (Å²) in [5.74, 6) is 4.10. The molecule has 0 radical (unpaired) electrons. The van der Waals surface area contributed by atoms with Gasteiger partial charge >= 0.3 is 12.4 Å². The van der Waals surface area contributed by atoms with Crippen LogP contribution in [0.5, 0.6) is 0 Å². The Labute approximate surface area is 140 Å². The lowest BCUT2D eigenvalue weighted by atomic mass is 9.72. The van der Waals surface area contributed by atoms with Crippen LogP contribution < -0.4 is 0 Å². The number of rotatable bonds is 2. The van der Waals surface area contributed by atoms with E-state index in [0.717, 1.165) is 24.3 Å². The molecule has 0 saturated carbocycles. The van der Waals surface area contributed by atoms with Crippen molar-refractivity contribution in [2.24, 2.45) is 0 Å². The van der Waals surface area contributed by atoms with Gasteiger partial charge in [-0.3, -0.25) is 0 Å². The molecule has 0 bridgehead atoms. The van der Waals surface area contributed by atoms with Crippen LogP contribution in [0.1, 0.15) is 22.3 Å². The molecule has 0 aliphatic heterocycles. The molecule has 0 aliphatic rings. The summed E-state index contributed by atoms with van der Waals surface area (Å²) in [5, 5.41) is 0. The molecule has 2 aromatic rings. The fourth-order valence-electron chi connectivity index (χ4n) is 2.67. The van der Waals surface area contributed by atoms with Gasteiger partial charge in [-0.1, -0.05) is 36.1 Å². The Bertz CT molecular complexity index is 785. The topological polar surface area (TPSA) is 0 Å². The molecule has 0 amide bonds. The van der Waals surface area contributed by atoms with Crippen molar-refractivity contribution >= 4 is 0 Å². The van der Waals surface area contributed by atoms with Gasteiger partial charge in [-0.15, -0.1) is 12.8 Å². The third-order valence-electron chi connectivity index (χ3n) is 3.77. The highest BCUT2D eigenvalue weighted by molar-refractivity contribution is 5.50. The molecular formula is C19H10F6. The molecule has 0 aliphatic carbocycles. The predicted molar refractivity (Wildman–Crippen MR) is 81.6 cm³/mol. The summed E-state index contributed by atoms with van der Waals surface area (Å²) < 4.78 is 83.3. The van der Waals surface area contributed by atoms with Crippen LogP contribution in [0.15, 0.2) is 48.5 Å². The quantitative estimate of drug-likeness (QED) is 0.524. The van der Waals surface area contributed by atoms with Crippen LogP contribution in [-0.2, 0) is 5.41 Å². The van der Waals surface area contributed by atoms with E-state index in [4.69, 9.17) is 12.8 Å². The summed E-state index contributed by atoms with van der Waals surface area (Å²) in [6.45, 7) is 0. The Kier molecular flexibility index (Phi) is 4.59. The van der Waals surface area contributed by atoms with Crippen molar-refractivity contribution in [3.05, 3.63) is 70.8 Å². The molecule has 2 rings (SSSR count). The zero-order valence-electron chi connectivity index (χ0n) is 12.5. The molecule has 0 atom stereocenters. The molecule has 2 aromatic carbocycles.